The second-order valence-electron chi connectivity index (χ2n) is 4.21. The minimum Gasteiger partial charge on any atom is -0.493 e. The molecule has 0 radical (unpaired) electrons. The third-order valence-corrected chi connectivity index (χ3v) is 3.06. The number of Topliss-reactive ketones (excluding diaryl/α,β-unsaturated/α-hetero) is 1. The molecule has 1 aromatic rings. The van der Waals surface area contributed by atoms with Crippen molar-refractivity contribution in [3.05, 3.63) is 28.3 Å². The van der Waals surface area contributed by atoms with Crippen LogP contribution in [0.4, 0.5) is 0 Å². The van der Waals surface area contributed by atoms with Gasteiger partial charge < -0.3 is 4.74 Å². The summed E-state index contributed by atoms with van der Waals surface area (Å²) in [6.07, 6.45) is 1.43. The molecule has 0 fully saturated rings. The molecule has 0 bridgehead atoms. The van der Waals surface area contributed by atoms with Crippen molar-refractivity contribution in [1.82, 2.24) is 0 Å². The van der Waals surface area contributed by atoms with E-state index in [0.717, 1.165) is 28.9 Å². The van der Waals surface area contributed by atoms with Gasteiger partial charge in [-0.3, -0.25) is 4.79 Å². The van der Waals surface area contributed by atoms with Gasteiger partial charge in [0.05, 0.1) is 12.2 Å². The minimum absolute atomic E-state index is 0.225. The molecule has 80 valence electrons. The Morgan fingerprint density at radius 2 is 1.93 bits per heavy atom. The molecule has 2 rings (SSSR count). The van der Waals surface area contributed by atoms with Crippen LogP contribution < -0.4 is 4.74 Å². The van der Waals surface area contributed by atoms with E-state index in [1.807, 2.05) is 13.8 Å². The van der Waals surface area contributed by atoms with Crippen LogP contribution in [0.3, 0.4) is 0 Å². The molecular formula is C13H16O2. The van der Waals surface area contributed by atoms with Crippen molar-refractivity contribution in [2.75, 3.05) is 6.61 Å². The zero-order valence-corrected chi connectivity index (χ0v) is 9.52. The molecule has 0 saturated heterocycles. The van der Waals surface area contributed by atoms with E-state index in [-0.39, 0.29) is 5.78 Å². The molecule has 1 aliphatic heterocycles. The Labute approximate surface area is 90.3 Å². The van der Waals surface area contributed by atoms with E-state index in [9.17, 15) is 4.79 Å². The molecule has 0 saturated carbocycles. The quantitative estimate of drug-likeness (QED) is 0.649. The van der Waals surface area contributed by atoms with Crippen molar-refractivity contribution >= 4 is 5.78 Å². The SMILES string of the molecule is Cc1cc(C)c2c(c1C)OCCCC2=O. The van der Waals surface area contributed by atoms with Crippen LogP contribution >= 0.6 is 0 Å². The molecule has 0 amide bonds. The summed E-state index contributed by atoms with van der Waals surface area (Å²) in [4.78, 5) is 11.9. The number of fused-ring (bicyclic) bond motifs is 1. The van der Waals surface area contributed by atoms with E-state index in [1.165, 1.54) is 5.56 Å². The van der Waals surface area contributed by atoms with Gasteiger partial charge in [-0.15, -0.1) is 0 Å². The van der Waals surface area contributed by atoms with Gasteiger partial charge in [0.1, 0.15) is 5.75 Å². The number of aryl methyl sites for hydroxylation is 2. The van der Waals surface area contributed by atoms with Gasteiger partial charge >= 0.3 is 0 Å². The number of hydrogen-bond donors (Lipinski definition) is 0. The van der Waals surface area contributed by atoms with Crippen molar-refractivity contribution in [1.29, 1.82) is 0 Å². The fourth-order valence-electron chi connectivity index (χ4n) is 2.11. The molecule has 0 aliphatic carbocycles. The fraction of sp³-hybridized carbons (Fsp3) is 0.462. The maximum Gasteiger partial charge on any atom is 0.167 e. The molecule has 1 aromatic carbocycles. The third kappa shape index (κ3) is 1.65. The van der Waals surface area contributed by atoms with Crippen LogP contribution in [-0.2, 0) is 0 Å². The molecule has 0 atom stereocenters. The van der Waals surface area contributed by atoms with Crippen molar-refractivity contribution in [2.45, 2.75) is 33.6 Å². The number of ketones is 1. The van der Waals surface area contributed by atoms with E-state index in [1.54, 1.807) is 0 Å². The third-order valence-electron chi connectivity index (χ3n) is 3.06. The van der Waals surface area contributed by atoms with Gasteiger partial charge in [0.2, 0.25) is 0 Å². The molecule has 2 nitrogen and oxygen atoms in total. The molecule has 2 heteroatoms. The lowest BCUT2D eigenvalue weighted by molar-refractivity contribution is 0.0982. The number of benzene rings is 1. The van der Waals surface area contributed by atoms with Crippen LogP contribution in [0.2, 0.25) is 0 Å². The van der Waals surface area contributed by atoms with E-state index >= 15 is 0 Å². The van der Waals surface area contributed by atoms with Crippen LogP contribution in [-0.4, -0.2) is 12.4 Å². The summed E-state index contributed by atoms with van der Waals surface area (Å²) >= 11 is 0. The summed E-state index contributed by atoms with van der Waals surface area (Å²) in [5, 5.41) is 0. The summed E-state index contributed by atoms with van der Waals surface area (Å²) in [5.74, 6) is 1.04. The Morgan fingerprint density at radius 3 is 2.67 bits per heavy atom. The van der Waals surface area contributed by atoms with Gasteiger partial charge in [0, 0.05) is 6.42 Å². The predicted molar refractivity (Wildman–Crippen MR) is 59.7 cm³/mol. The van der Waals surface area contributed by atoms with Crippen molar-refractivity contribution in [2.24, 2.45) is 0 Å². The summed E-state index contributed by atoms with van der Waals surface area (Å²) in [6, 6.07) is 2.07. The Balaban J connectivity index is 2.68. The average molecular weight is 204 g/mol. The number of carbonyl (C=O) groups is 1. The first kappa shape index (κ1) is 10.2. The lowest BCUT2D eigenvalue weighted by atomic mass is 9.95. The molecule has 0 spiro atoms. The monoisotopic (exact) mass is 204 g/mol. The van der Waals surface area contributed by atoms with Crippen LogP contribution in [0, 0.1) is 20.8 Å². The lowest BCUT2D eigenvalue weighted by Gasteiger charge is -2.14. The first-order chi connectivity index (χ1) is 7.11. The van der Waals surface area contributed by atoms with E-state index in [2.05, 4.69) is 13.0 Å². The molecular weight excluding hydrogens is 188 g/mol. The summed E-state index contributed by atoms with van der Waals surface area (Å²) < 4.78 is 5.69. The van der Waals surface area contributed by atoms with Crippen molar-refractivity contribution < 1.29 is 9.53 Å². The standard InChI is InChI=1S/C13H16O2/c1-8-7-9(2)12-11(14)5-4-6-15-13(12)10(8)3/h7H,4-6H2,1-3H3. The smallest absolute Gasteiger partial charge is 0.167 e. The number of rotatable bonds is 0. The highest BCUT2D eigenvalue weighted by Crippen LogP contribution is 2.32. The molecule has 0 N–H and O–H groups in total. The largest absolute Gasteiger partial charge is 0.493 e. The van der Waals surface area contributed by atoms with Gasteiger partial charge in [0.25, 0.3) is 0 Å². The highest BCUT2D eigenvalue weighted by atomic mass is 16.5. The normalized spacial score (nSPS) is 15.5. The first-order valence-electron chi connectivity index (χ1n) is 5.38. The molecule has 1 heterocycles. The summed E-state index contributed by atoms with van der Waals surface area (Å²) in [6.45, 7) is 6.72. The molecule has 15 heavy (non-hydrogen) atoms. The topological polar surface area (TPSA) is 26.3 Å². The van der Waals surface area contributed by atoms with Crippen LogP contribution in [0.25, 0.3) is 0 Å². The van der Waals surface area contributed by atoms with Crippen LogP contribution in [0.5, 0.6) is 5.75 Å². The lowest BCUT2D eigenvalue weighted by Crippen LogP contribution is -2.04. The summed E-state index contributed by atoms with van der Waals surface area (Å²) in [5.41, 5.74) is 4.14. The van der Waals surface area contributed by atoms with Gasteiger partial charge in [-0.25, -0.2) is 0 Å². The second kappa shape index (κ2) is 3.69. The zero-order valence-electron chi connectivity index (χ0n) is 9.52. The Kier molecular flexibility index (Phi) is 2.51. The number of hydrogen-bond acceptors (Lipinski definition) is 2. The van der Waals surface area contributed by atoms with Gasteiger partial charge in [-0.2, -0.15) is 0 Å². The van der Waals surface area contributed by atoms with Crippen molar-refractivity contribution in [3.63, 3.8) is 0 Å². The average Bonchev–Trinajstić information content (AvgIpc) is 2.37. The van der Waals surface area contributed by atoms with Crippen molar-refractivity contribution in [3.8, 4) is 5.75 Å². The highest BCUT2D eigenvalue weighted by molar-refractivity contribution is 6.00. The molecule has 0 aromatic heterocycles. The predicted octanol–water partition coefficient (Wildman–Crippen LogP) is 2.97. The number of ether oxygens (including phenoxy) is 1. The minimum atomic E-state index is 0.225. The van der Waals surface area contributed by atoms with E-state index in [0.29, 0.717) is 13.0 Å². The van der Waals surface area contributed by atoms with E-state index < -0.39 is 0 Å². The van der Waals surface area contributed by atoms with Gasteiger partial charge in [-0.05, 0) is 43.9 Å². The molecule has 0 unspecified atom stereocenters. The second-order valence-corrected chi connectivity index (χ2v) is 4.21. The highest BCUT2D eigenvalue weighted by Gasteiger charge is 2.21. The Hall–Kier alpha value is -1.31. The van der Waals surface area contributed by atoms with E-state index in [4.69, 9.17) is 4.74 Å². The Morgan fingerprint density at radius 1 is 1.20 bits per heavy atom. The first-order valence-corrected chi connectivity index (χ1v) is 5.38. The molecule has 1 aliphatic rings. The zero-order chi connectivity index (χ0) is 11.0. The number of carbonyl (C=O) groups excluding carboxylic acids is 1. The maximum absolute atomic E-state index is 11.9. The van der Waals surface area contributed by atoms with Crippen LogP contribution in [0.15, 0.2) is 6.07 Å². The summed E-state index contributed by atoms with van der Waals surface area (Å²) in [7, 11) is 0. The van der Waals surface area contributed by atoms with Gasteiger partial charge in [-0.1, -0.05) is 6.07 Å². The Bertz CT molecular complexity index is 419. The van der Waals surface area contributed by atoms with Gasteiger partial charge in [0.15, 0.2) is 5.78 Å². The maximum atomic E-state index is 11.9. The fourth-order valence-corrected chi connectivity index (χ4v) is 2.11. The van der Waals surface area contributed by atoms with Crippen LogP contribution in [0.1, 0.15) is 39.9 Å².